The number of hydrogen-bond donors (Lipinski definition) is 2. The molecule has 1 aromatic carbocycles. The van der Waals surface area contributed by atoms with Crippen molar-refractivity contribution in [2.45, 2.75) is 6.92 Å². The number of hydrogen-bond acceptors (Lipinski definition) is 4. The highest BCUT2D eigenvalue weighted by molar-refractivity contribution is 6.01. The second-order valence-corrected chi connectivity index (χ2v) is 3.37. The molecule has 0 fully saturated rings. The molecule has 0 aliphatic heterocycles. The topological polar surface area (TPSA) is 79.9 Å². The van der Waals surface area contributed by atoms with E-state index in [0.717, 1.165) is 0 Å². The average molecular weight is 250 g/mol. The van der Waals surface area contributed by atoms with Crippen molar-refractivity contribution in [2.24, 2.45) is 0 Å². The van der Waals surface area contributed by atoms with E-state index in [4.69, 9.17) is 4.74 Å². The van der Waals surface area contributed by atoms with Crippen molar-refractivity contribution in [3.63, 3.8) is 0 Å². The number of carbonyl (C=O) groups excluding carboxylic acids is 1. The minimum Gasteiger partial charge on any atom is -0.491 e. The van der Waals surface area contributed by atoms with Crippen LogP contribution in [0.25, 0.3) is 0 Å². The van der Waals surface area contributed by atoms with Gasteiger partial charge < -0.3 is 10.1 Å². The van der Waals surface area contributed by atoms with Crippen LogP contribution in [0.1, 0.15) is 17.5 Å². The second-order valence-electron chi connectivity index (χ2n) is 3.37. The molecule has 1 aromatic heterocycles. The van der Waals surface area contributed by atoms with Gasteiger partial charge in [0.15, 0.2) is 11.6 Å². The summed E-state index contributed by atoms with van der Waals surface area (Å²) in [6.45, 7) is 2.14. The van der Waals surface area contributed by atoms with Crippen LogP contribution in [0, 0.1) is 5.82 Å². The van der Waals surface area contributed by atoms with Gasteiger partial charge in [0.25, 0.3) is 5.91 Å². The van der Waals surface area contributed by atoms with Crippen molar-refractivity contribution < 1.29 is 13.9 Å². The standard InChI is InChI=1S/C11H11FN4O2/c1-2-18-9-4-3-7(5-8(9)12)15-11(17)10-13-6-14-16-10/h3-6H,2H2,1H3,(H,15,17)(H,13,14,16). The van der Waals surface area contributed by atoms with Crippen molar-refractivity contribution >= 4 is 11.6 Å². The zero-order valence-electron chi connectivity index (χ0n) is 9.61. The van der Waals surface area contributed by atoms with Crippen molar-refractivity contribution in [1.82, 2.24) is 15.2 Å². The molecule has 0 radical (unpaired) electrons. The molecule has 0 spiro atoms. The third-order valence-corrected chi connectivity index (χ3v) is 2.12. The molecule has 0 unspecified atom stereocenters. The molecule has 0 atom stereocenters. The van der Waals surface area contributed by atoms with E-state index in [2.05, 4.69) is 20.5 Å². The number of aromatic nitrogens is 3. The van der Waals surface area contributed by atoms with Gasteiger partial charge in [0.2, 0.25) is 5.82 Å². The van der Waals surface area contributed by atoms with Gasteiger partial charge in [-0.2, -0.15) is 5.10 Å². The van der Waals surface area contributed by atoms with Crippen LogP contribution in [0.2, 0.25) is 0 Å². The summed E-state index contributed by atoms with van der Waals surface area (Å²) in [5.41, 5.74) is 0.317. The maximum Gasteiger partial charge on any atom is 0.292 e. The van der Waals surface area contributed by atoms with Crippen LogP contribution in [0.4, 0.5) is 10.1 Å². The molecule has 2 N–H and O–H groups in total. The third-order valence-electron chi connectivity index (χ3n) is 2.12. The van der Waals surface area contributed by atoms with E-state index in [9.17, 15) is 9.18 Å². The number of benzene rings is 1. The van der Waals surface area contributed by atoms with E-state index in [1.165, 1.54) is 18.5 Å². The number of H-pyrrole nitrogens is 1. The SMILES string of the molecule is CCOc1ccc(NC(=O)c2ncn[nH]2)cc1F. The van der Waals surface area contributed by atoms with Crippen LogP contribution in [0.5, 0.6) is 5.75 Å². The number of nitrogens with one attached hydrogen (secondary N) is 2. The highest BCUT2D eigenvalue weighted by Gasteiger charge is 2.10. The number of halogens is 1. The Hall–Kier alpha value is -2.44. The summed E-state index contributed by atoms with van der Waals surface area (Å²) in [6.07, 6.45) is 1.22. The predicted octanol–water partition coefficient (Wildman–Crippen LogP) is 1.59. The fourth-order valence-electron chi connectivity index (χ4n) is 1.36. The molecule has 7 heteroatoms. The number of nitrogens with zero attached hydrogens (tertiary/aromatic N) is 2. The molecule has 94 valence electrons. The number of amides is 1. The van der Waals surface area contributed by atoms with Crippen LogP contribution in [-0.4, -0.2) is 27.7 Å². The first-order valence-electron chi connectivity index (χ1n) is 5.29. The minimum absolute atomic E-state index is 0.0595. The molecule has 2 aromatic rings. The number of aromatic amines is 1. The monoisotopic (exact) mass is 250 g/mol. The summed E-state index contributed by atoms with van der Waals surface area (Å²) < 4.78 is 18.6. The van der Waals surface area contributed by atoms with Crippen LogP contribution < -0.4 is 10.1 Å². The molecule has 18 heavy (non-hydrogen) atoms. The largest absolute Gasteiger partial charge is 0.491 e. The number of carbonyl (C=O) groups is 1. The Morgan fingerprint density at radius 1 is 1.56 bits per heavy atom. The van der Waals surface area contributed by atoms with Crippen molar-refractivity contribution in [3.8, 4) is 5.75 Å². The molecule has 0 bridgehead atoms. The van der Waals surface area contributed by atoms with E-state index in [0.29, 0.717) is 12.3 Å². The Bertz CT molecular complexity index is 542. The Labute approximate surface area is 102 Å². The Kier molecular flexibility index (Phi) is 3.52. The fraction of sp³-hybridized carbons (Fsp3) is 0.182. The molecule has 0 saturated heterocycles. The zero-order valence-corrected chi connectivity index (χ0v) is 9.61. The van der Waals surface area contributed by atoms with Gasteiger partial charge in [-0.25, -0.2) is 9.37 Å². The summed E-state index contributed by atoms with van der Waals surface area (Å²) in [6, 6.07) is 4.18. The maximum atomic E-state index is 13.5. The molecule has 0 saturated carbocycles. The summed E-state index contributed by atoms with van der Waals surface area (Å²) in [5.74, 6) is -0.817. The molecule has 0 aliphatic carbocycles. The lowest BCUT2D eigenvalue weighted by molar-refractivity contribution is 0.101. The van der Waals surface area contributed by atoms with Gasteiger partial charge in [-0.3, -0.25) is 9.89 Å². The molecule has 0 aliphatic rings. The van der Waals surface area contributed by atoms with Crippen molar-refractivity contribution in [3.05, 3.63) is 36.2 Å². The normalized spacial score (nSPS) is 10.1. The molecule has 1 heterocycles. The van der Waals surface area contributed by atoms with Crippen LogP contribution >= 0.6 is 0 Å². The maximum absolute atomic E-state index is 13.5. The Balaban J connectivity index is 2.11. The Morgan fingerprint density at radius 3 is 3.00 bits per heavy atom. The van der Waals surface area contributed by atoms with Gasteiger partial charge in [0.05, 0.1) is 6.61 Å². The third kappa shape index (κ3) is 2.62. The molecule has 6 nitrogen and oxygen atoms in total. The summed E-state index contributed by atoms with van der Waals surface area (Å²) >= 11 is 0. The van der Waals surface area contributed by atoms with Crippen molar-refractivity contribution in [1.29, 1.82) is 0 Å². The Morgan fingerprint density at radius 2 is 2.39 bits per heavy atom. The summed E-state index contributed by atoms with van der Waals surface area (Å²) in [7, 11) is 0. The van der Waals surface area contributed by atoms with Gasteiger partial charge in [-0.05, 0) is 19.1 Å². The van der Waals surface area contributed by atoms with E-state index in [-0.39, 0.29) is 11.6 Å². The van der Waals surface area contributed by atoms with Crippen LogP contribution in [0.15, 0.2) is 24.5 Å². The smallest absolute Gasteiger partial charge is 0.292 e. The van der Waals surface area contributed by atoms with Crippen LogP contribution in [0.3, 0.4) is 0 Å². The van der Waals surface area contributed by atoms with Gasteiger partial charge in [-0.15, -0.1) is 0 Å². The first-order valence-corrected chi connectivity index (χ1v) is 5.29. The van der Waals surface area contributed by atoms with E-state index < -0.39 is 11.7 Å². The first-order chi connectivity index (χ1) is 8.70. The van der Waals surface area contributed by atoms with Gasteiger partial charge >= 0.3 is 0 Å². The van der Waals surface area contributed by atoms with Gasteiger partial charge in [0, 0.05) is 11.8 Å². The molecule has 2 rings (SSSR count). The quantitative estimate of drug-likeness (QED) is 0.863. The van der Waals surface area contributed by atoms with Crippen LogP contribution in [-0.2, 0) is 0 Å². The molecular weight excluding hydrogens is 239 g/mol. The number of ether oxygens (including phenoxy) is 1. The van der Waals surface area contributed by atoms with Gasteiger partial charge in [-0.1, -0.05) is 0 Å². The summed E-state index contributed by atoms with van der Waals surface area (Å²) in [4.78, 5) is 15.3. The lowest BCUT2D eigenvalue weighted by atomic mass is 10.3. The van der Waals surface area contributed by atoms with Gasteiger partial charge in [0.1, 0.15) is 6.33 Å². The fourth-order valence-corrected chi connectivity index (χ4v) is 1.36. The number of anilines is 1. The highest BCUT2D eigenvalue weighted by atomic mass is 19.1. The first kappa shape index (κ1) is 12.0. The van der Waals surface area contributed by atoms with E-state index in [1.807, 2.05) is 0 Å². The molecular formula is C11H11FN4O2. The highest BCUT2D eigenvalue weighted by Crippen LogP contribution is 2.21. The number of rotatable bonds is 4. The minimum atomic E-state index is -0.535. The zero-order chi connectivity index (χ0) is 13.0. The average Bonchev–Trinajstić information content (AvgIpc) is 2.86. The molecule has 1 amide bonds. The summed E-state index contributed by atoms with van der Waals surface area (Å²) in [5, 5.41) is 8.45. The second kappa shape index (κ2) is 5.26. The van der Waals surface area contributed by atoms with E-state index >= 15 is 0 Å². The lowest BCUT2D eigenvalue weighted by Gasteiger charge is -2.07. The predicted molar refractivity (Wildman–Crippen MR) is 61.9 cm³/mol. The van der Waals surface area contributed by atoms with E-state index in [1.54, 1.807) is 13.0 Å². The lowest BCUT2D eigenvalue weighted by Crippen LogP contribution is -2.13. The van der Waals surface area contributed by atoms with Crippen molar-refractivity contribution in [2.75, 3.05) is 11.9 Å².